The molecule has 19 heavy (non-hydrogen) atoms. The van der Waals surface area contributed by atoms with Crippen molar-refractivity contribution in [3.8, 4) is 0 Å². The van der Waals surface area contributed by atoms with Crippen molar-refractivity contribution in [2.24, 2.45) is 5.92 Å². The lowest BCUT2D eigenvalue weighted by atomic mass is 9.93. The highest BCUT2D eigenvalue weighted by Crippen LogP contribution is 2.18. The van der Waals surface area contributed by atoms with Crippen LogP contribution in [-0.2, 0) is 0 Å². The third-order valence-corrected chi connectivity index (χ3v) is 3.96. The summed E-state index contributed by atoms with van der Waals surface area (Å²) >= 11 is 0. The Hall–Kier alpha value is -1.62. The Labute approximate surface area is 113 Å². The van der Waals surface area contributed by atoms with E-state index in [2.05, 4.69) is 40.6 Å². The molecular formula is C14H21N5. The van der Waals surface area contributed by atoms with Crippen LogP contribution >= 0.6 is 0 Å². The molecule has 0 radical (unpaired) electrons. The van der Waals surface area contributed by atoms with E-state index in [9.17, 15) is 0 Å². The summed E-state index contributed by atoms with van der Waals surface area (Å²) in [7, 11) is 0. The molecule has 102 valence electrons. The summed E-state index contributed by atoms with van der Waals surface area (Å²) < 4.78 is 1.84. The SMILES string of the molecule is Cc1cccn2nc(NC(C)C3CCCNC3)nc12. The Morgan fingerprint density at radius 3 is 3.16 bits per heavy atom. The highest BCUT2D eigenvalue weighted by molar-refractivity contribution is 5.49. The molecular weight excluding hydrogens is 238 g/mol. The molecule has 3 heterocycles. The molecule has 1 saturated heterocycles. The predicted octanol–water partition coefficient (Wildman–Crippen LogP) is 1.84. The van der Waals surface area contributed by atoms with Crippen LogP contribution in [0.1, 0.15) is 25.3 Å². The molecule has 2 N–H and O–H groups in total. The maximum absolute atomic E-state index is 4.57. The van der Waals surface area contributed by atoms with Crippen LogP contribution in [0.4, 0.5) is 5.95 Å². The second-order valence-corrected chi connectivity index (χ2v) is 5.43. The van der Waals surface area contributed by atoms with Gasteiger partial charge in [-0.1, -0.05) is 6.07 Å². The summed E-state index contributed by atoms with van der Waals surface area (Å²) in [6.45, 7) is 6.51. The molecule has 1 fully saturated rings. The predicted molar refractivity (Wildman–Crippen MR) is 76.4 cm³/mol. The monoisotopic (exact) mass is 259 g/mol. The fraction of sp³-hybridized carbons (Fsp3) is 0.571. The average molecular weight is 259 g/mol. The number of hydrogen-bond acceptors (Lipinski definition) is 4. The van der Waals surface area contributed by atoms with Crippen LogP contribution in [0, 0.1) is 12.8 Å². The number of anilines is 1. The van der Waals surface area contributed by atoms with Gasteiger partial charge in [0, 0.05) is 12.2 Å². The van der Waals surface area contributed by atoms with Gasteiger partial charge in [0.05, 0.1) is 0 Å². The third-order valence-electron chi connectivity index (χ3n) is 3.96. The van der Waals surface area contributed by atoms with E-state index in [0.717, 1.165) is 30.2 Å². The fourth-order valence-corrected chi connectivity index (χ4v) is 2.73. The van der Waals surface area contributed by atoms with Gasteiger partial charge in [0.15, 0.2) is 5.65 Å². The zero-order valence-electron chi connectivity index (χ0n) is 11.6. The number of hydrogen-bond donors (Lipinski definition) is 2. The molecule has 5 nitrogen and oxygen atoms in total. The fourth-order valence-electron chi connectivity index (χ4n) is 2.73. The van der Waals surface area contributed by atoms with E-state index in [1.54, 1.807) is 0 Å². The number of piperidine rings is 1. The van der Waals surface area contributed by atoms with Gasteiger partial charge in [-0.05, 0) is 57.3 Å². The smallest absolute Gasteiger partial charge is 0.243 e. The van der Waals surface area contributed by atoms with Gasteiger partial charge in [0.1, 0.15) is 0 Å². The van der Waals surface area contributed by atoms with Crippen LogP contribution < -0.4 is 10.6 Å². The normalized spacial score (nSPS) is 21.5. The molecule has 2 unspecified atom stereocenters. The Bertz CT molecular complexity index is 556. The van der Waals surface area contributed by atoms with E-state index in [1.807, 2.05) is 16.8 Å². The number of fused-ring (bicyclic) bond motifs is 1. The third kappa shape index (κ3) is 2.56. The van der Waals surface area contributed by atoms with Crippen molar-refractivity contribution < 1.29 is 0 Å². The van der Waals surface area contributed by atoms with Crippen LogP contribution in [-0.4, -0.2) is 33.7 Å². The Morgan fingerprint density at radius 1 is 1.53 bits per heavy atom. The summed E-state index contributed by atoms with van der Waals surface area (Å²) in [6, 6.07) is 4.45. The quantitative estimate of drug-likeness (QED) is 0.883. The largest absolute Gasteiger partial charge is 0.350 e. The second kappa shape index (κ2) is 5.17. The van der Waals surface area contributed by atoms with Crippen LogP contribution in [0.15, 0.2) is 18.3 Å². The van der Waals surface area contributed by atoms with Gasteiger partial charge in [-0.25, -0.2) is 4.52 Å². The topological polar surface area (TPSA) is 54.2 Å². The van der Waals surface area contributed by atoms with Gasteiger partial charge in [-0.2, -0.15) is 4.98 Å². The first-order valence-electron chi connectivity index (χ1n) is 7.03. The first kappa shape index (κ1) is 12.4. The number of nitrogens with zero attached hydrogens (tertiary/aromatic N) is 3. The molecule has 0 aliphatic carbocycles. The number of aryl methyl sites for hydroxylation is 1. The maximum atomic E-state index is 4.57. The molecule has 0 amide bonds. The zero-order valence-corrected chi connectivity index (χ0v) is 11.6. The van der Waals surface area contributed by atoms with Gasteiger partial charge in [0.2, 0.25) is 5.95 Å². The lowest BCUT2D eigenvalue weighted by Gasteiger charge is -2.28. The van der Waals surface area contributed by atoms with Gasteiger partial charge in [-0.15, -0.1) is 5.10 Å². The van der Waals surface area contributed by atoms with Crippen molar-refractivity contribution in [2.45, 2.75) is 32.7 Å². The summed E-state index contributed by atoms with van der Waals surface area (Å²) in [4.78, 5) is 4.57. The molecule has 0 saturated carbocycles. The summed E-state index contributed by atoms with van der Waals surface area (Å²) in [6.07, 6.45) is 4.47. The van der Waals surface area contributed by atoms with Gasteiger partial charge < -0.3 is 10.6 Å². The molecule has 0 aromatic carbocycles. The molecule has 1 aliphatic rings. The number of pyridine rings is 1. The first-order chi connectivity index (χ1) is 9.24. The van der Waals surface area contributed by atoms with Crippen LogP contribution in [0.25, 0.3) is 5.65 Å². The lowest BCUT2D eigenvalue weighted by molar-refractivity contribution is 0.346. The summed E-state index contributed by atoms with van der Waals surface area (Å²) in [5, 5.41) is 11.4. The van der Waals surface area contributed by atoms with Gasteiger partial charge in [-0.3, -0.25) is 0 Å². The summed E-state index contributed by atoms with van der Waals surface area (Å²) in [5.41, 5.74) is 2.08. The van der Waals surface area contributed by atoms with Crippen LogP contribution in [0.3, 0.4) is 0 Å². The molecule has 3 rings (SSSR count). The minimum atomic E-state index is 0.394. The Kier molecular flexibility index (Phi) is 3.38. The highest BCUT2D eigenvalue weighted by atomic mass is 15.3. The van der Waals surface area contributed by atoms with Crippen molar-refractivity contribution in [1.82, 2.24) is 19.9 Å². The number of rotatable bonds is 3. The minimum absolute atomic E-state index is 0.394. The zero-order chi connectivity index (χ0) is 13.2. The Morgan fingerprint density at radius 2 is 2.42 bits per heavy atom. The molecule has 2 atom stereocenters. The lowest BCUT2D eigenvalue weighted by Crippen LogP contribution is -2.39. The van der Waals surface area contributed by atoms with E-state index in [-0.39, 0.29) is 0 Å². The maximum Gasteiger partial charge on any atom is 0.243 e. The first-order valence-corrected chi connectivity index (χ1v) is 7.03. The van der Waals surface area contributed by atoms with Crippen molar-refractivity contribution in [2.75, 3.05) is 18.4 Å². The molecule has 5 heteroatoms. The van der Waals surface area contributed by atoms with E-state index in [0.29, 0.717) is 12.0 Å². The highest BCUT2D eigenvalue weighted by Gasteiger charge is 2.20. The summed E-state index contributed by atoms with van der Waals surface area (Å²) in [5.74, 6) is 1.38. The number of nitrogens with one attached hydrogen (secondary N) is 2. The second-order valence-electron chi connectivity index (χ2n) is 5.43. The van der Waals surface area contributed by atoms with Crippen molar-refractivity contribution >= 4 is 11.6 Å². The minimum Gasteiger partial charge on any atom is -0.350 e. The Balaban J connectivity index is 1.75. The average Bonchev–Trinajstić information content (AvgIpc) is 2.84. The van der Waals surface area contributed by atoms with Crippen molar-refractivity contribution in [3.05, 3.63) is 23.9 Å². The molecule has 0 spiro atoms. The molecule has 2 aromatic rings. The molecule has 0 bridgehead atoms. The standard InChI is InChI=1S/C14H21N5/c1-10-5-4-8-19-13(10)17-14(18-19)16-11(2)12-6-3-7-15-9-12/h4-5,8,11-12,15H,3,6-7,9H2,1-2H3,(H,16,18). The van der Waals surface area contributed by atoms with Crippen molar-refractivity contribution in [1.29, 1.82) is 0 Å². The van der Waals surface area contributed by atoms with E-state index in [4.69, 9.17) is 0 Å². The van der Waals surface area contributed by atoms with Crippen LogP contribution in [0.5, 0.6) is 0 Å². The van der Waals surface area contributed by atoms with E-state index >= 15 is 0 Å². The van der Waals surface area contributed by atoms with Gasteiger partial charge in [0.25, 0.3) is 0 Å². The van der Waals surface area contributed by atoms with E-state index in [1.165, 1.54) is 12.8 Å². The van der Waals surface area contributed by atoms with Gasteiger partial charge >= 0.3 is 0 Å². The van der Waals surface area contributed by atoms with Crippen molar-refractivity contribution in [3.63, 3.8) is 0 Å². The number of aromatic nitrogens is 3. The molecule has 1 aliphatic heterocycles. The molecule has 2 aromatic heterocycles. The van der Waals surface area contributed by atoms with Crippen LogP contribution in [0.2, 0.25) is 0 Å². The van der Waals surface area contributed by atoms with E-state index < -0.39 is 0 Å².